The molecule has 26 heavy (non-hydrogen) atoms. The summed E-state index contributed by atoms with van der Waals surface area (Å²) >= 11 is 0. The van der Waals surface area contributed by atoms with Crippen LogP contribution in [0, 0.1) is 11.6 Å². The van der Waals surface area contributed by atoms with Crippen molar-refractivity contribution in [2.75, 3.05) is 0 Å². The zero-order valence-corrected chi connectivity index (χ0v) is 13.9. The van der Waals surface area contributed by atoms with Crippen molar-refractivity contribution in [3.63, 3.8) is 0 Å². The van der Waals surface area contributed by atoms with Gasteiger partial charge in [-0.3, -0.25) is 4.79 Å². The van der Waals surface area contributed by atoms with Crippen LogP contribution in [0.4, 0.5) is 8.78 Å². The lowest BCUT2D eigenvalue weighted by molar-refractivity contribution is 0.0687. The summed E-state index contributed by atoms with van der Waals surface area (Å²) in [6.45, 7) is 3.51. The maximum Gasteiger partial charge on any atom is 0.360 e. The SMILES string of the molecule is CC(C)Oc1cccc2c1c(=O)c(C(=O)O)nn2-c1ccc(F)c(F)c1. The van der Waals surface area contributed by atoms with Crippen molar-refractivity contribution in [3.05, 3.63) is 63.9 Å². The van der Waals surface area contributed by atoms with Crippen molar-refractivity contribution < 1.29 is 23.4 Å². The molecule has 0 saturated carbocycles. The van der Waals surface area contributed by atoms with Gasteiger partial charge in [0.05, 0.1) is 22.7 Å². The molecule has 3 rings (SSSR count). The number of halogens is 2. The molecule has 0 aliphatic heterocycles. The predicted octanol–water partition coefficient (Wildman–Crippen LogP) is 3.15. The van der Waals surface area contributed by atoms with E-state index in [4.69, 9.17) is 4.74 Å². The third-order valence-corrected chi connectivity index (χ3v) is 3.59. The Kier molecular flexibility index (Phi) is 4.41. The Morgan fingerprint density at radius 1 is 1.19 bits per heavy atom. The van der Waals surface area contributed by atoms with E-state index in [2.05, 4.69) is 5.10 Å². The Bertz CT molecular complexity index is 1080. The van der Waals surface area contributed by atoms with Crippen LogP contribution in [-0.2, 0) is 0 Å². The summed E-state index contributed by atoms with van der Waals surface area (Å²) in [6.07, 6.45) is -0.266. The second kappa shape index (κ2) is 6.55. The lowest BCUT2D eigenvalue weighted by atomic mass is 10.1. The number of aromatic nitrogens is 2. The van der Waals surface area contributed by atoms with Crippen LogP contribution < -0.4 is 10.2 Å². The number of ether oxygens (including phenoxy) is 1. The first-order chi connectivity index (χ1) is 12.3. The largest absolute Gasteiger partial charge is 0.490 e. The molecule has 0 unspecified atom stereocenters. The molecule has 1 heterocycles. The molecule has 0 saturated heterocycles. The molecule has 0 atom stereocenters. The van der Waals surface area contributed by atoms with Gasteiger partial charge in [-0.25, -0.2) is 18.3 Å². The molecule has 1 N–H and O–H groups in total. The zero-order chi connectivity index (χ0) is 19.0. The topological polar surface area (TPSA) is 81.4 Å². The van der Waals surface area contributed by atoms with Crippen molar-refractivity contribution in [2.24, 2.45) is 0 Å². The molecule has 0 fully saturated rings. The van der Waals surface area contributed by atoms with Crippen LogP contribution in [0.3, 0.4) is 0 Å². The van der Waals surface area contributed by atoms with Gasteiger partial charge in [-0.05, 0) is 38.1 Å². The highest BCUT2D eigenvalue weighted by Crippen LogP contribution is 2.26. The van der Waals surface area contributed by atoms with Gasteiger partial charge in [0.1, 0.15) is 5.75 Å². The Balaban J connectivity index is 2.42. The molecule has 2 aromatic carbocycles. The highest BCUT2D eigenvalue weighted by Gasteiger charge is 2.21. The summed E-state index contributed by atoms with van der Waals surface area (Å²) in [5, 5.41) is 13.1. The summed E-state index contributed by atoms with van der Waals surface area (Å²) in [4.78, 5) is 24.1. The van der Waals surface area contributed by atoms with Crippen molar-refractivity contribution in [1.82, 2.24) is 9.78 Å². The Morgan fingerprint density at radius 2 is 1.92 bits per heavy atom. The first-order valence-electron chi connectivity index (χ1n) is 7.71. The molecule has 0 spiro atoms. The lowest BCUT2D eigenvalue weighted by Gasteiger charge is -2.15. The van der Waals surface area contributed by atoms with Crippen molar-refractivity contribution in [2.45, 2.75) is 20.0 Å². The average molecular weight is 360 g/mol. The number of fused-ring (bicyclic) bond motifs is 1. The standard InChI is InChI=1S/C18H14F2N2O4/c1-9(2)26-14-5-3-4-13-15(14)17(23)16(18(24)25)21-22(13)10-6-7-11(19)12(20)8-10/h3-9H,1-2H3,(H,24,25). The van der Waals surface area contributed by atoms with Gasteiger partial charge in [0.2, 0.25) is 11.1 Å². The van der Waals surface area contributed by atoms with Gasteiger partial charge in [-0.1, -0.05) is 6.07 Å². The molecule has 0 aliphatic carbocycles. The van der Waals surface area contributed by atoms with Gasteiger partial charge in [0, 0.05) is 6.07 Å². The maximum atomic E-state index is 13.6. The second-order valence-electron chi connectivity index (χ2n) is 5.81. The van der Waals surface area contributed by atoms with Gasteiger partial charge in [-0.15, -0.1) is 0 Å². The molecule has 0 radical (unpaired) electrons. The Morgan fingerprint density at radius 3 is 2.54 bits per heavy atom. The van der Waals surface area contributed by atoms with E-state index in [-0.39, 0.29) is 28.4 Å². The minimum atomic E-state index is -1.53. The number of carbonyl (C=O) groups is 1. The van der Waals surface area contributed by atoms with Crippen molar-refractivity contribution >= 4 is 16.9 Å². The van der Waals surface area contributed by atoms with Gasteiger partial charge >= 0.3 is 5.97 Å². The van der Waals surface area contributed by atoms with E-state index in [0.29, 0.717) is 0 Å². The van der Waals surface area contributed by atoms with Gasteiger partial charge < -0.3 is 9.84 Å². The predicted molar refractivity (Wildman–Crippen MR) is 90.0 cm³/mol. The van der Waals surface area contributed by atoms with Crippen molar-refractivity contribution in [3.8, 4) is 11.4 Å². The van der Waals surface area contributed by atoms with Gasteiger partial charge in [0.15, 0.2) is 11.6 Å². The Labute approximate surface area is 146 Å². The highest BCUT2D eigenvalue weighted by molar-refractivity contribution is 5.93. The van der Waals surface area contributed by atoms with Crippen LogP contribution >= 0.6 is 0 Å². The highest BCUT2D eigenvalue weighted by atomic mass is 19.2. The molecule has 0 bridgehead atoms. The Hall–Kier alpha value is -3.29. The third kappa shape index (κ3) is 3.01. The lowest BCUT2D eigenvalue weighted by Crippen LogP contribution is -2.23. The number of benzene rings is 2. The number of carboxylic acid groups (broad SMARTS) is 1. The van der Waals surface area contributed by atoms with Gasteiger partial charge in [-0.2, -0.15) is 5.10 Å². The van der Waals surface area contributed by atoms with E-state index in [1.165, 1.54) is 18.2 Å². The van der Waals surface area contributed by atoms with E-state index in [0.717, 1.165) is 16.8 Å². The summed E-state index contributed by atoms with van der Waals surface area (Å²) < 4.78 is 33.6. The molecule has 3 aromatic rings. The van der Waals surface area contributed by atoms with E-state index >= 15 is 0 Å². The van der Waals surface area contributed by atoms with E-state index < -0.39 is 28.7 Å². The molecule has 0 aliphatic rings. The van der Waals surface area contributed by atoms with Gasteiger partial charge in [0.25, 0.3) is 0 Å². The molecule has 6 nitrogen and oxygen atoms in total. The second-order valence-corrected chi connectivity index (χ2v) is 5.81. The quantitative estimate of drug-likeness (QED) is 0.773. The monoisotopic (exact) mass is 360 g/mol. The van der Waals surface area contributed by atoms with Crippen LogP contribution in [0.2, 0.25) is 0 Å². The summed E-state index contributed by atoms with van der Waals surface area (Å²) in [5.41, 5.74) is -1.29. The number of nitrogens with zero attached hydrogens (tertiary/aromatic N) is 2. The molecule has 134 valence electrons. The molecule has 8 heteroatoms. The fourth-order valence-electron chi connectivity index (χ4n) is 2.55. The van der Waals surface area contributed by atoms with Crippen LogP contribution in [-0.4, -0.2) is 27.0 Å². The van der Waals surface area contributed by atoms with Crippen molar-refractivity contribution in [1.29, 1.82) is 0 Å². The number of aromatic carboxylic acids is 1. The summed E-state index contributed by atoms with van der Waals surface area (Å²) in [5.74, 6) is -3.53. The number of hydrogen-bond donors (Lipinski definition) is 1. The summed E-state index contributed by atoms with van der Waals surface area (Å²) in [6, 6.07) is 7.64. The first kappa shape index (κ1) is 17.5. The van der Waals surface area contributed by atoms with Crippen LogP contribution in [0.5, 0.6) is 5.75 Å². The number of rotatable bonds is 4. The normalized spacial score (nSPS) is 11.1. The number of hydrogen-bond acceptors (Lipinski definition) is 4. The summed E-state index contributed by atoms with van der Waals surface area (Å²) in [7, 11) is 0. The maximum absolute atomic E-state index is 13.6. The smallest absolute Gasteiger partial charge is 0.360 e. The van der Waals surface area contributed by atoms with E-state index in [1.54, 1.807) is 19.9 Å². The van der Waals surface area contributed by atoms with Crippen LogP contribution in [0.15, 0.2) is 41.2 Å². The van der Waals surface area contributed by atoms with Crippen LogP contribution in [0.1, 0.15) is 24.3 Å². The molecular formula is C18H14F2N2O4. The third-order valence-electron chi connectivity index (χ3n) is 3.59. The molecule has 1 aromatic heterocycles. The minimum absolute atomic E-state index is 0.00154. The van der Waals surface area contributed by atoms with E-state index in [9.17, 15) is 23.5 Å². The van der Waals surface area contributed by atoms with Crippen LogP contribution in [0.25, 0.3) is 16.6 Å². The van der Waals surface area contributed by atoms with E-state index in [1.807, 2.05) is 0 Å². The first-order valence-corrected chi connectivity index (χ1v) is 7.71. The molecular weight excluding hydrogens is 346 g/mol. The molecule has 0 amide bonds. The minimum Gasteiger partial charge on any atom is -0.490 e. The zero-order valence-electron chi connectivity index (χ0n) is 13.9. The average Bonchev–Trinajstić information content (AvgIpc) is 2.57. The fraction of sp³-hybridized carbons (Fsp3) is 0.167. The number of carboxylic acids is 1. The fourth-order valence-corrected chi connectivity index (χ4v) is 2.55.